The van der Waals surface area contributed by atoms with Crippen LogP contribution in [0.5, 0.6) is 5.75 Å². The van der Waals surface area contributed by atoms with Gasteiger partial charge in [0.1, 0.15) is 16.8 Å². The van der Waals surface area contributed by atoms with Crippen LogP contribution in [0.25, 0.3) is 50.7 Å². The maximum absolute atomic E-state index is 6.23. The molecule has 0 amide bonds. The Balaban J connectivity index is 1.26. The van der Waals surface area contributed by atoms with Gasteiger partial charge in [0, 0.05) is 24.2 Å². The van der Waals surface area contributed by atoms with Crippen LogP contribution in [0.4, 0.5) is 0 Å². The summed E-state index contributed by atoms with van der Waals surface area (Å²) in [7, 11) is 0. The number of nitrogens with one attached hydrogen (secondary N) is 2. The number of aromatic amines is 2. The molecular weight excluding hydrogens is 466 g/mol. The molecule has 184 valence electrons. The number of pyridine rings is 3. The van der Waals surface area contributed by atoms with Crippen molar-refractivity contribution < 1.29 is 4.74 Å². The highest BCUT2D eigenvalue weighted by atomic mass is 16.5. The first kappa shape index (κ1) is 21.7. The average molecular weight is 492 g/mol. The largest absolute Gasteiger partial charge is 0.489 e. The van der Waals surface area contributed by atoms with Gasteiger partial charge in [-0.25, -0.2) is 19.9 Å². The summed E-state index contributed by atoms with van der Waals surface area (Å²) in [6.45, 7) is 1.96. The third kappa shape index (κ3) is 4.00. The minimum atomic E-state index is 0.263. The van der Waals surface area contributed by atoms with Gasteiger partial charge >= 0.3 is 0 Å². The molecule has 37 heavy (non-hydrogen) atoms. The average Bonchev–Trinajstić information content (AvgIpc) is 3.66. The van der Waals surface area contributed by atoms with E-state index in [9.17, 15) is 0 Å². The van der Waals surface area contributed by atoms with Gasteiger partial charge in [-0.15, -0.1) is 0 Å². The molecule has 0 atom stereocenters. The van der Waals surface area contributed by atoms with Crippen LogP contribution in [0.3, 0.4) is 0 Å². The van der Waals surface area contributed by atoms with E-state index in [-0.39, 0.29) is 6.10 Å². The van der Waals surface area contributed by atoms with Crippen LogP contribution in [-0.4, -0.2) is 50.8 Å². The fraction of sp³-hybridized carbons (Fsp3) is 0.259. The normalized spacial score (nSPS) is 14.5. The second-order valence-electron chi connectivity index (χ2n) is 9.49. The monoisotopic (exact) mass is 491 g/mol. The Bertz CT molecular complexity index is 1720. The van der Waals surface area contributed by atoms with Gasteiger partial charge in [0.15, 0.2) is 17.2 Å². The van der Waals surface area contributed by atoms with Crippen LogP contribution in [0, 0.1) is 6.92 Å². The minimum absolute atomic E-state index is 0.263. The van der Waals surface area contributed by atoms with Crippen molar-refractivity contribution in [2.75, 3.05) is 0 Å². The lowest BCUT2D eigenvalue weighted by molar-refractivity contribution is 0.154. The van der Waals surface area contributed by atoms with E-state index in [4.69, 9.17) is 14.7 Å². The van der Waals surface area contributed by atoms with Crippen LogP contribution < -0.4 is 4.74 Å². The van der Waals surface area contributed by atoms with E-state index in [1.807, 2.05) is 48.1 Å². The Morgan fingerprint density at radius 1 is 1.00 bits per heavy atom. The van der Waals surface area contributed by atoms with Crippen LogP contribution in [-0.2, 0) is 0 Å². The molecule has 0 spiro atoms. The highest BCUT2D eigenvalue weighted by Crippen LogP contribution is 2.30. The summed E-state index contributed by atoms with van der Waals surface area (Å²) in [5.41, 5.74) is 7.08. The fourth-order valence-electron chi connectivity index (χ4n) is 4.99. The molecule has 2 N–H and O–H groups in total. The van der Waals surface area contributed by atoms with Gasteiger partial charge in [-0.1, -0.05) is 6.42 Å². The van der Waals surface area contributed by atoms with Gasteiger partial charge in [0.05, 0.1) is 41.2 Å². The number of imidazole rings is 2. The number of fused-ring (bicyclic) bond motifs is 2. The van der Waals surface area contributed by atoms with Crippen LogP contribution in [0.2, 0.25) is 0 Å². The predicted octanol–water partition coefficient (Wildman–Crippen LogP) is 5.16. The third-order valence-electron chi connectivity index (χ3n) is 6.85. The summed E-state index contributed by atoms with van der Waals surface area (Å²) >= 11 is 0. The van der Waals surface area contributed by atoms with E-state index < -0.39 is 0 Å². The lowest BCUT2D eigenvalue weighted by atomic mass is 9.98. The van der Waals surface area contributed by atoms with E-state index in [1.54, 1.807) is 18.7 Å². The van der Waals surface area contributed by atoms with Crippen LogP contribution >= 0.6 is 0 Å². The van der Waals surface area contributed by atoms with Crippen LogP contribution in [0.1, 0.15) is 37.8 Å². The number of nitrogens with zero attached hydrogens (tertiary/aromatic N) is 7. The third-order valence-corrected chi connectivity index (χ3v) is 6.85. The number of aryl methyl sites for hydroxylation is 1. The molecule has 0 bridgehead atoms. The molecule has 7 rings (SSSR count). The number of H-pyrrole nitrogens is 2. The molecule has 0 aromatic carbocycles. The van der Waals surface area contributed by atoms with Gasteiger partial charge in [0.25, 0.3) is 0 Å². The summed E-state index contributed by atoms with van der Waals surface area (Å²) in [6, 6.07) is 7.87. The first-order valence-electron chi connectivity index (χ1n) is 12.5. The molecule has 0 saturated heterocycles. The first-order chi connectivity index (χ1) is 18.2. The number of aromatic nitrogens is 9. The van der Waals surface area contributed by atoms with Crippen molar-refractivity contribution >= 4 is 22.2 Å². The molecule has 6 aromatic heterocycles. The van der Waals surface area contributed by atoms with Gasteiger partial charge in [-0.05, 0) is 56.9 Å². The maximum atomic E-state index is 6.23. The zero-order chi connectivity index (χ0) is 24.8. The summed E-state index contributed by atoms with van der Waals surface area (Å²) in [5.74, 6) is 1.37. The van der Waals surface area contributed by atoms with Gasteiger partial charge in [-0.3, -0.25) is 10.1 Å². The van der Waals surface area contributed by atoms with Gasteiger partial charge < -0.3 is 14.3 Å². The zero-order valence-electron chi connectivity index (χ0n) is 20.3. The van der Waals surface area contributed by atoms with Gasteiger partial charge in [0.2, 0.25) is 0 Å². The quantitative estimate of drug-likeness (QED) is 0.341. The number of hydrogen-bond acceptors (Lipinski definition) is 7. The highest BCUT2D eigenvalue weighted by molar-refractivity contribution is 5.92. The Morgan fingerprint density at radius 2 is 1.92 bits per heavy atom. The smallest absolute Gasteiger partial charge is 0.162 e. The first-order valence-corrected chi connectivity index (χ1v) is 12.5. The van der Waals surface area contributed by atoms with Gasteiger partial charge in [-0.2, -0.15) is 5.10 Å². The standard InChI is InChI=1S/C27H25N9O/c1-16-14-36(15-30-16)22-9-10-29-26-24(22)32-27(33-26)25-23-21(34-35-25)8-7-20(31-23)17-11-19(13-28-12-17)37-18-5-3-2-4-6-18/h7-15,18H,2-6H2,1H3,(H,34,35)(H,29,32,33). The molecule has 0 radical (unpaired) electrons. The fourth-order valence-corrected chi connectivity index (χ4v) is 4.99. The van der Waals surface area contributed by atoms with E-state index in [2.05, 4.69) is 30.1 Å². The van der Waals surface area contributed by atoms with Crippen molar-refractivity contribution in [3.63, 3.8) is 0 Å². The highest BCUT2D eigenvalue weighted by Gasteiger charge is 2.19. The Labute approximate surface area is 212 Å². The molecule has 0 aliphatic heterocycles. The van der Waals surface area contributed by atoms with Crippen molar-refractivity contribution in [2.45, 2.75) is 45.1 Å². The SMILES string of the molecule is Cc1cn(-c2ccnc3[nH]c(-c4n[nH]c5ccc(-c6cncc(OC7CCCCC7)c6)nc45)nc23)cn1. The molecule has 1 saturated carbocycles. The molecule has 10 nitrogen and oxygen atoms in total. The van der Waals surface area contributed by atoms with Crippen LogP contribution in [0.15, 0.2) is 55.4 Å². The number of rotatable bonds is 5. The zero-order valence-corrected chi connectivity index (χ0v) is 20.3. The Kier molecular flexibility index (Phi) is 5.16. The summed E-state index contributed by atoms with van der Waals surface area (Å²) in [4.78, 5) is 26.3. The molecule has 1 aliphatic rings. The lowest BCUT2D eigenvalue weighted by Gasteiger charge is -2.22. The molecule has 1 fully saturated rings. The minimum Gasteiger partial charge on any atom is -0.489 e. The predicted molar refractivity (Wildman–Crippen MR) is 139 cm³/mol. The molecule has 10 heteroatoms. The number of hydrogen-bond donors (Lipinski definition) is 2. The molecule has 6 aromatic rings. The second kappa shape index (κ2) is 8.81. The lowest BCUT2D eigenvalue weighted by Crippen LogP contribution is -2.19. The maximum Gasteiger partial charge on any atom is 0.162 e. The van der Waals surface area contributed by atoms with E-state index in [0.29, 0.717) is 17.2 Å². The van der Waals surface area contributed by atoms with Crippen molar-refractivity contribution in [1.29, 1.82) is 0 Å². The molecule has 0 unspecified atom stereocenters. The topological polar surface area (TPSA) is 123 Å². The van der Waals surface area contributed by atoms with E-state index >= 15 is 0 Å². The summed E-state index contributed by atoms with van der Waals surface area (Å²) in [5, 5.41) is 7.60. The summed E-state index contributed by atoms with van der Waals surface area (Å²) < 4.78 is 8.17. The molecule has 6 heterocycles. The molecule has 1 aliphatic carbocycles. The Morgan fingerprint density at radius 3 is 2.78 bits per heavy atom. The second-order valence-corrected chi connectivity index (χ2v) is 9.49. The number of ether oxygens (including phenoxy) is 1. The molecular formula is C27H25N9O. The van der Waals surface area contributed by atoms with E-state index in [0.717, 1.165) is 57.8 Å². The van der Waals surface area contributed by atoms with Crippen molar-refractivity contribution in [3.05, 3.63) is 61.1 Å². The van der Waals surface area contributed by atoms with E-state index in [1.165, 1.54) is 19.3 Å². The Hall–Kier alpha value is -4.60. The van der Waals surface area contributed by atoms with Crippen molar-refractivity contribution in [2.24, 2.45) is 0 Å². The van der Waals surface area contributed by atoms with Crippen molar-refractivity contribution in [3.8, 4) is 34.2 Å². The van der Waals surface area contributed by atoms with Crippen molar-refractivity contribution in [1.82, 2.24) is 44.7 Å². The summed E-state index contributed by atoms with van der Waals surface area (Å²) in [6.07, 6.45) is 15.3.